The molecule has 1 amide bonds. The van der Waals surface area contributed by atoms with Gasteiger partial charge in [-0.2, -0.15) is 0 Å². The van der Waals surface area contributed by atoms with Crippen molar-refractivity contribution in [3.8, 4) is 0 Å². The number of hydrogen-bond donors (Lipinski definition) is 2. The van der Waals surface area contributed by atoms with E-state index in [0.29, 0.717) is 17.8 Å². The number of nitro groups is 1. The van der Waals surface area contributed by atoms with Crippen LogP contribution < -0.4 is 5.32 Å². The molecular formula is C13H19N3O4. The Bertz CT molecular complexity index is 485. The quantitative estimate of drug-likeness (QED) is 0.583. The van der Waals surface area contributed by atoms with Gasteiger partial charge in [0.1, 0.15) is 5.69 Å². The number of aliphatic hydroxyl groups excluding tert-OH is 1. The minimum absolute atomic E-state index is 0.0757. The van der Waals surface area contributed by atoms with Gasteiger partial charge in [-0.1, -0.05) is 6.92 Å². The summed E-state index contributed by atoms with van der Waals surface area (Å²) in [5, 5.41) is 22.5. The molecule has 0 aliphatic heterocycles. The molecule has 0 spiro atoms. The van der Waals surface area contributed by atoms with Crippen LogP contribution in [0.3, 0.4) is 0 Å². The topological polar surface area (TPSA) is 95.7 Å². The van der Waals surface area contributed by atoms with Crippen LogP contribution in [-0.4, -0.2) is 47.6 Å². The minimum atomic E-state index is -0.502. The van der Waals surface area contributed by atoms with Gasteiger partial charge in [-0.05, 0) is 18.6 Å². The second-order valence-corrected chi connectivity index (χ2v) is 4.25. The van der Waals surface area contributed by atoms with Crippen LogP contribution in [-0.2, 0) is 0 Å². The highest BCUT2D eigenvalue weighted by Crippen LogP contribution is 2.25. The molecule has 0 bridgehead atoms. The maximum Gasteiger partial charge on any atom is 0.292 e. The molecule has 0 radical (unpaired) electrons. The fourth-order valence-corrected chi connectivity index (χ4v) is 1.92. The van der Waals surface area contributed by atoms with E-state index in [0.717, 1.165) is 6.42 Å². The maximum absolute atomic E-state index is 12.3. The van der Waals surface area contributed by atoms with Crippen molar-refractivity contribution >= 4 is 17.3 Å². The zero-order valence-corrected chi connectivity index (χ0v) is 11.6. The molecule has 1 aromatic rings. The van der Waals surface area contributed by atoms with Crippen LogP contribution in [0.2, 0.25) is 0 Å². The van der Waals surface area contributed by atoms with Crippen LogP contribution in [0.5, 0.6) is 0 Å². The highest BCUT2D eigenvalue weighted by atomic mass is 16.6. The van der Waals surface area contributed by atoms with Crippen LogP contribution in [0.1, 0.15) is 23.7 Å². The Morgan fingerprint density at radius 3 is 2.65 bits per heavy atom. The summed E-state index contributed by atoms with van der Waals surface area (Å²) < 4.78 is 0. The van der Waals surface area contributed by atoms with E-state index < -0.39 is 4.92 Å². The fourth-order valence-electron chi connectivity index (χ4n) is 1.92. The summed E-state index contributed by atoms with van der Waals surface area (Å²) in [5.41, 5.74) is 0.580. The van der Waals surface area contributed by atoms with Crippen LogP contribution in [0.4, 0.5) is 11.4 Å². The molecule has 0 atom stereocenters. The van der Waals surface area contributed by atoms with E-state index in [-0.39, 0.29) is 24.7 Å². The van der Waals surface area contributed by atoms with Gasteiger partial charge in [0.25, 0.3) is 11.6 Å². The number of carbonyl (C=O) groups excluding carboxylic acids is 1. The van der Waals surface area contributed by atoms with Crippen LogP contribution in [0, 0.1) is 10.1 Å². The molecule has 7 nitrogen and oxygen atoms in total. The Balaban J connectivity index is 3.06. The first kappa shape index (κ1) is 15.9. The molecule has 2 N–H and O–H groups in total. The Morgan fingerprint density at radius 2 is 2.15 bits per heavy atom. The average Bonchev–Trinajstić information content (AvgIpc) is 2.45. The first-order valence-electron chi connectivity index (χ1n) is 6.41. The van der Waals surface area contributed by atoms with Crippen molar-refractivity contribution in [2.45, 2.75) is 13.3 Å². The van der Waals surface area contributed by atoms with Crippen molar-refractivity contribution in [2.24, 2.45) is 0 Å². The summed E-state index contributed by atoms with van der Waals surface area (Å²) in [4.78, 5) is 24.2. The summed E-state index contributed by atoms with van der Waals surface area (Å²) in [7, 11) is 1.56. The molecule has 1 aromatic carbocycles. The Morgan fingerprint density at radius 1 is 1.45 bits per heavy atom. The van der Waals surface area contributed by atoms with Gasteiger partial charge >= 0.3 is 0 Å². The van der Waals surface area contributed by atoms with Crippen molar-refractivity contribution in [3.05, 3.63) is 33.9 Å². The van der Waals surface area contributed by atoms with E-state index in [1.165, 1.54) is 23.1 Å². The molecule has 110 valence electrons. The maximum atomic E-state index is 12.3. The van der Waals surface area contributed by atoms with E-state index in [2.05, 4.69) is 5.32 Å². The second-order valence-electron chi connectivity index (χ2n) is 4.25. The standard InChI is InChI=1S/C13H19N3O4/c1-3-6-15(7-8-17)13(18)10-4-5-12(16(19)20)11(9-10)14-2/h4-5,9,14,17H,3,6-8H2,1-2H3. The van der Waals surface area contributed by atoms with Gasteiger partial charge in [0, 0.05) is 31.8 Å². The molecule has 7 heteroatoms. The molecule has 0 heterocycles. The van der Waals surface area contributed by atoms with Gasteiger partial charge in [0.05, 0.1) is 11.5 Å². The Labute approximate surface area is 117 Å². The van der Waals surface area contributed by atoms with E-state index in [1.54, 1.807) is 7.05 Å². The molecule has 0 fully saturated rings. The number of aliphatic hydroxyl groups is 1. The van der Waals surface area contributed by atoms with Gasteiger partial charge in [0.2, 0.25) is 0 Å². The third-order valence-corrected chi connectivity index (χ3v) is 2.86. The van der Waals surface area contributed by atoms with Crippen molar-refractivity contribution in [2.75, 3.05) is 32.1 Å². The van der Waals surface area contributed by atoms with Crippen molar-refractivity contribution in [1.29, 1.82) is 0 Å². The molecule has 0 saturated heterocycles. The lowest BCUT2D eigenvalue weighted by molar-refractivity contribution is -0.383. The molecular weight excluding hydrogens is 262 g/mol. The predicted molar refractivity (Wildman–Crippen MR) is 75.9 cm³/mol. The average molecular weight is 281 g/mol. The third kappa shape index (κ3) is 3.67. The first-order valence-corrected chi connectivity index (χ1v) is 6.41. The molecule has 1 rings (SSSR count). The normalized spacial score (nSPS) is 10.2. The zero-order chi connectivity index (χ0) is 15.1. The molecule has 0 aliphatic rings. The third-order valence-electron chi connectivity index (χ3n) is 2.86. The monoisotopic (exact) mass is 281 g/mol. The number of nitro benzene ring substituents is 1. The van der Waals surface area contributed by atoms with E-state index in [1.807, 2.05) is 6.92 Å². The molecule has 0 unspecified atom stereocenters. The summed E-state index contributed by atoms with van der Waals surface area (Å²) >= 11 is 0. The summed E-state index contributed by atoms with van der Waals surface area (Å²) in [6.45, 7) is 2.61. The van der Waals surface area contributed by atoms with Crippen LogP contribution in [0.15, 0.2) is 18.2 Å². The Kier molecular flexibility index (Phi) is 5.92. The predicted octanol–water partition coefficient (Wildman–Crippen LogP) is 1.48. The number of carbonyl (C=O) groups is 1. The summed E-state index contributed by atoms with van der Waals surface area (Å²) in [5.74, 6) is -0.243. The number of nitrogens with one attached hydrogen (secondary N) is 1. The first-order chi connectivity index (χ1) is 9.54. The molecule has 20 heavy (non-hydrogen) atoms. The zero-order valence-electron chi connectivity index (χ0n) is 11.6. The lowest BCUT2D eigenvalue weighted by atomic mass is 10.1. The van der Waals surface area contributed by atoms with E-state index in [4.69, 9.17) is 5.11 Å². The lowest BCUT2D eigenvalue weighted by Gasteiger charge is -2.21. The molecule has 0 aliphatic carbocycles. The van der Waals surface area contributed by atoms with Crippen LogP contribution in [0.25, 0.3) is 0 Å². The number of anilines is 1. The number of nitrogens with zero attached hydrogens (tertiary/aromatic N) is 2. The van der Waals surface area contributed by atoms with Gasteiger partial charge < -0.3 is 15.3 Å². The highest BCUT2D eigenvalue weighted by Gasteiger charge is 2.19. The van der Waals surface area contributed by atoms with Gasteiger partial charge in [-0.25, -0.2) is 0 Å². The molecule has 0 aromatic heterocycles. The number of hydrogen-bond acceptors (Lipinski definition) is 5. The number of rotatable bonds is 7. The summed E-state index contributed by atoms with van der Waals surface area (Å²) in [6, 6.07) is 4.20. The SMILES string of the molecule is CCCN(CCO)C(=O)c1ccc([N+](=O)[O-])c(NC)c1. The van der Waals surface area contributed by atoms with Gasteiger partial charge in [-0.15, -0.1) is 0 Å². The van der Waals surface area contributed by atoms with E-state index in [9.17, 15) is 14.9 Å². The summed E-state index contributed by atoms with van der Waals surface area (Å²) in [6.07, 6.45) is 0.775. The largest absolute Gasteiger partial charge is 0.395 e. The lowest BCUT2D eigenvalue weighted by Crippen LogP contribution is -2.34. The van der Waals surface area contributed by atoms with Crippen molar-refractivity contribution in [1.82, 2.24) is 4.90 Å². The molecule has 0 saturated carbocycles. The number of amides is 1. The fraction of sp³-hybridized carbons (Fsp3) is 0.462. The second kappa shape index (κ2) is 7.44. The Hall–Kier alpha value is -2.15. The van der Waals surface area contributed by atoms with Crippen molar-refractivity contribution in [3.63, 3.8) is 0 Å². The van der Waals surface area contributed by atoms with Crippen LogP contribution >= 0.6 is 0 Å². The number of benzene rings is 1. The van der Waals surface area contributed by atoms with E-state index >= 15 is 0 Å². The van der Waals surface area contributed by atoms with Gasteiger partial charge in [-0.3, -0.25) is 14.9 Å². The van der Waals surface area contributed by atoms with Crippen molar-refractivity contribution < 1.29 is 14.8 Å². The minimum Gasteiger partial charge on any atom is -0.395 e. The highest BCUT2D eigenvalue weighted by molar-refractivity contribution is 5.96. The smallest absolute Gasteiger partial charge is 0.292 e. The van der Waals surface area contributed by atoms with Gasteiger partial charge in [0.15, 0.2) is 0 Å².